The van der Waals surface area contributed by atoms with E-state index in [-0.39, 0.29) is 48.8 Å². The molecule has 0 unspecified atom stereocenters. The summed E-state index contributed by atoms with van der Waals surface area (Å²) in [7, 11) is 2.86. The number of rotatable bonds is 5. The second-order valence-electron chi connectivity index (χ2n) is 12.5. The molecule has 0 amide bonds. The van der Waals surface area contributed by atoms with Gasteiger partial charge in [0.1, 0.15) is 24.4 Å². The summed E-state index contributed by atoms with van der Waals surface area (Å²) in [6, 6.07) is 6.93. The highest BCUT2D eigenvalue weighted by Crippen LogP contribution is 2.57. The number of aromatic hydroxyl groups is 1. The Morgan fingerprint density at radius 1 is 0.780 bits per heavy atom. The lowest BCUT2D eigenvalue weighted by atomic mass is 9.66. The maximum absolute atomic E-state index is 13.4. The first kappa shape index (κ1) is 34.0. The molecule has 0 bridgehead atoms. The van der Waals surface area contributed by atoms with Gasteiger partial charge < -0.3 is 58.0 Å². The highest BCUT2D eigenvalue weighted by molar-refractivity contribution is 6.14. The lowest BCUT2D eigenvalue weighted by Crippen LogP contribution is -2.63. The van der Waals surface area contributed by atoms with Crippen molar-refractivity contribution >= 4 is 17.5 Å². The van der Waals surface area contributed by atoms with Crippen LogP contribution in [0.15, 0.2) is 48.6 Å². The average molecular weight is 697 g/mol. The summed E-state index contributed by atoms with van der Waals surface area (Å²) < 4.78 is 51.5. The minimum absolute atomic E-state index is 0.0301. The van der Waals surface area contributed by atoms with E-state index >= 15 is 0 Å². The molecule has 10 atom stereocenters. The van der Waals surface area contributed by atoms with Crippen LogP contribution in [0.3, 0.4) is 0 Å². The number of hydrogen-bond donors (Lipinski definition) is 3. The predicted molar refractivity (Wildman–Crippen MR) is 167 cm³/mol. The number of phenolic OH excluding ortho intramolecular Hbond substituents is 1. The van der Waals surface area contributed by atoms with E-state index in [2.05, 4.69) is 0 Å². The second-order valence-corrected chi connectivity index (χ2v) is 12.5. The maximum atomic E-state index is 13.4. The molecule has 3 fully saturated rings. The number of ketones is 2. The van der Waals surface area contributed by atoms with Crippen molar-refractivity contribution in [3.8, 4) is 28.7 Å². The zero-order chi connectivity index (χ0) is 35.3. The number of fused-ring (bicyclic) bond motifs is 4. The van der Waals surface area contributed by atoms with Gasteiger partial charge in [-0.2, -0.15) is 0 Å². The van der Waals surface area contributed by atoms with E-state index < -0.39 is 66.8 Å². The highest BCUT2D eigenvalue weighted by Gasteiger charge is 2.56. The van der Waals surface area contributed by atoms with Gasteiger partial charge in [0.2, 0.25) is 12.5 Å². The number of phenols is 1. The molecule has 2 aliphatic carbocycles. The minimum atomic E-state index is -1.44. The van der Waals surface area contributed by atoms with Gasteiger partial charge in [-0.3, -0.25) is 14.4 Å². The van der Waals surface area contributed by atoms with Crippen LogP contribution in [0.5, 0.6) is 28.7 Å². The summed E-state index contributed by atoms with van der Waals surface area (Å²) in [4.78, 5) is 34.0. The van der Waals surface area contributed by atoms with E-state index in [0.29, 0.717) is 28.2 Å². The summed E-state index contributed by atoms with van der Waals surface area (Å²) in [6.07, 6.45) is -1.79. The third-order valence-electron chi connectivity index (χ3n) is 9.57. The Balaban J connectivity index is 0.000000433. The Morgan fingerprint density at radius 3 is 2.02 bits per heavy atom. The summed E-state index contributed by atoms with van der Waals surface area (Å²) >= 11 is 0. The van der Waals surface area contributed by atoms with E-state index in [9.17, 15) is 29.7 Å². The first-order chi connectivity index (χ1) is 24.1. The molecule has 0 spiro atoms. The van der Waals surface area contributed by atoms with Crippen LogP contribution in [-0.4, -0.2) is 104 Å². The number of ether oxygens (including phenoxy) is 9. The van der Waals surface area contributed by atoms with Crippen LogP contribution >= 0.6 is 0 Å². The highest BCUT2D eigenvalue weighted by atomic mass is 16.8. The van der Waals surface area contributed by atoms with Crippen LogP contribution in [0.1, 0.15) is 35.6 Å². The first-order valence-electron chi connectivity index (χ1n) is 16.0. The molecule has 266 valence electrons. The zero-order valence-corrected chi connectivity index (χ0v) is 27.3. The van der Waals surface area contributed by atoms with Crippen molar-refractivity contribution in [2.24, 2.45) is 11.8 Å². The Morgan fingerprint density at radius 2 is 1.40 bits per heavy atom. The molecule has 50 heavy (non-hydrogen) atoms. The molecule has 0 aromatic heterocycles. The van der Waals surface area contributed by atoms with Crippen LogP contribution in [0.25, 0.3) is 0 Å². The largest absolute Gasteiger partial charge is 0.502 e. The van der Waals surface area contributed by atoms with Gasteiger partial charge in [-0.15, -0.1) is 0 Å². The topological polar surface area (TPSA) is 195 Å². The number of aliphatic hydroxyl groups is 2. The van der Waals surface area contributed by atoms with Crippen molar-refractivity contribution < 1.29 is 72.3 Å². The molecular weight excluding hydrogens is 660 g/mol. The van der Waals surface area contributed by atoms with Crippen LogP contribution in [0.2, 0.25) is 0 Å². The van der Waals surface area contributed by atoms with Crippen LogP contribution < -0.4 is 18.9 Å². The van der Waals surface area contributed by atoms with Gasteiger partial charge in [-0.05, 0) is 72.2 Å². The number of hydrogen-bond acceptors (Lipinski definition) is 15. The van der Waals surface area contributed by atoms with Crippen LogP contribution in [0.4, 0.5) is 0 Å². The van der Waals surface area contributed by atoms with Crippen LogP contribution in [0, 0.1) is 11.8 Å². The number of cyclic esters (lactones) is 1. The quantitative estimate of drug-likeness (QED) is 0.301. The molecule has 8 rings (SSSR count). The van der Waals surface area contributed by atoms with Gasteiger partial charge in [0.25, 0.3) is 0 Å². The molecule has 3 saturated heterocycles. The number of benzene rings is 2. The molecule has 2 aromatic carbocycles. The molecule has 6 aliphatic rings. The monoisotopic (exact) mass is 696 g/mol. The minimum Gasteiger partial charge on any atom is -0.502 e. The number of methoxy groups -OCH3 is 2. The summed E-state index contributed by atoms with van der Waals surface area (Å²) in [6.45, 7) is 1.93. The van der Waals surface area contributed by atoms with Gasteiger partial charge in [-0.25, -0.2) is 0 Å². The number of carbonyl (C=O) groups is 3. The number of carbonyl (C=O) groups excluding carboxylic acids is 3. The molecule has 0 saturated carbocycles. The van der Waals surface area contributed by atoms with E-state index in [1.54, 1.807) is 31.2 Å². The summed E-state index contributed by atoms with van der Waals surface area (Å²) in [5.41, 5.74) is 2.01. The second kappa shape index (κ2) is 13.7. The van der Waals surface area contributed by atoms with E-state index in [1.165, 1.54) is 38.5 Å². The van der Waals surface area contributed by atoms with Gasteiger partial charge >= 0.3 is 5.97 Å². The zero-order valence-electron chi connectivity index (χ0n) is 27.3. The summed E-state index contributed by atoms with van der Waals surface area (Å²) in [5.74, 6) is -1.27. The predicted octanol–water partition coefficient (Wildman–Crippen LogP) is 1.59. The molecule has 2 aromatic rings. The smallest absolute Gasteiger partial charge is 0.310 e. The van der Waals surface area contributed by atoms with Crippen molar-refractivity contribution in [2.45, 2.75) is 55.9 Å². The normalized spacial score (nSPS) is 33.4. The van der Waals surface area contributed by atoms with Gasteiger partial charge in [0, 0.05) is 11.8 Å². The molecule has 3 N–H and O–H groups in total. The summed E-state index contributed by atoms with van der Waals surface area (Å²) in [5, 5.41) is 32.5. The van der Waals surface area contributed by atoms with Crippen molar-refractivity contribution in [1.82, 2.24) is 0 Å². The molecule has 15 heteroatoms. The van der Waals surface area contributed by atoms with Gasteiger partial charge in [-0.1, -0.05) is 0 Å². The number of esters is 1. The van der Waals surface area contributed by atoms with Gasteiger partial charge in [0.15, 0.2) is 47.1 Å². The number of aliphatic hydroxyl groups excluding tert-OH is 2. The third-order valence-corrected chi connectivity index (χ3v) is 9.57. The lowest BCUT2D eigenvalue weighted by molar-refractivity contribution is -0.364. The first-order valence-corrected chi connectivity index (χ1v) is 16.0. The van der Waals surface area contributed by atoms with Crippen molar-refractivity contribution in [3.63, 3.8) is 0 Å². The molecule has 15 nitrogen and oxygen atoms in total. The van der Waals surface area contributed by atoms with Crippen molar-refractivity contribution in [3.05, 3.63) is 65.3 Å². The SMILES string of the molecule is COc1cc([C@@H]2c3cc4c(cc3[C@@H](O[C@@H]3O[C@@H]5CO[C@@H](C)O[C@H]5[C@H](O)[C@H]3O)[C@H]3COC(=O)[C@H]23)OCO4)cc(OC)c1O.O=C1C=CC(=O)C=C1. The fourth-order valence-corrected chi connectivity index (χ4v) is 7.18. The van der Waals surface area contributed by atoms with Gasteiger partial charge in [0.05, 0.1) is 39.5 Å². The molecular formula is C35H36O15. The molecule has 4 heterocycles. The third kappa shape index (κ3) is 6.10. The lowest BCUT2D eigenvalue weighted by Gasteiger charge is -2.47. The fourth-order valence-electron chi connectivity index (χ4n) is 7.18. The van der Waals surface area contributed by atoms with E-state index in [0.717, 1.165) is 0 Å². The fraction of sp³-hybridized carbons (Fsp3) is 0.457. The van der Waals surface area contributed by atoms with E-state index in [1.807, 2.05) is 0 Å². The Kier molecular flexibility index (Phi) is 9.28. The standard InChI is InChI=1S/C29H32O13.C6H4O2/c1-11-36-9-20-27(40-11)24(31)25(32)29(41-20)42-26-14-7-17-16(38-10-39-17)6-13(14)21(22-15(26)8-37-28(22)33)12-4-18(34-2)23(30)19(5-12)35-3;7-5-1-2-6(8)4-3-5/h4-7,11,15,20-22,24-27,29-32H,8-10H2,1-3H3;1-4H/t11-,15+,20-,21-,22+,24-,25-,26-,27-,29+;/m1./s1. The molecule has 0 radical (unpaired) electrons. The van der Waals surface area contributed by atoms with E-state index in [4.69, 9.17) is 42.6 Å². The van der Waals surface area contributed by atoms with Crippen LogP contribution in [-0.2, 0) is 38.1 Å². The van der Waals surface area contributed by atoms with Crippen molar-refractivity contribution in [1.29, 1.82) is 0 Å². The van der Waals surface area contributed by atoms with Crippen molar-refractivity contribution in [2.75, 3.05) is 34.2 Å². The Hall–Kier alpha value is -4.51. The Bertz CT molecular complexity index is 1670. The molecule has 4 aliphatic heterocycles. The maximum Gasteiger partial charge on any atom is 0.310 e. The Labute approximate surface area is 285 Å². The average Bonchev–Trinajstić information content (AvgIpc) is 3.74. The number of allylic oxidation sites excluding steroid dienone is 4.